The fourth-order valence-electron chi connectivity index (χ4n) is 4.60. The molecule has 2 aliphatic rings. The zero-order valence-corrected chi connectivity index (χ0v) is 20.6. The summed E-state index contributed by atoms with van der Waals surface area (Å²) < 4.78 is 24.7. The molecule has 1 saturated heterocycles. The Bertz CT molecular complexity index is 1210. The van der Waals surface area contributed by atoms with E-state index in [0.717, 1.165) is 6.07 Å². The molecule has 0 bridgehead atoms. The molecule has 0 spiro atoms. The van der Waals surface area contributed by atoms with Gasteiger partial charge >= 0.3 is 0 Å². The van der Waals surface area contributed by atoms with Gasteiger partial charge in [0.15, 0.2) is 0 Å². The molecule has 0 aromatic heterocycles. The van der Waals surface area contributed by atoms with Crippen molar-refractivity contribution >= 4 is 29.1 Å². The summed E-state index contributed by atoms with van der Waals surface area (Å²) in [6, 6.07) is 7.68. The average molecular weight is 530 g/mol. The molecule has 4 rings (SSSR count). The topological polar surface area (TPSA) is 152 Å². The number of carbonyl (C=O) groups is 3. The van der Waals surface area contributed by atoms with Crippen LogP contribution < -0.4 is 20.7 Å². The van der Waals surface area contributed by atoms with Crippen molar-refractivity contribution in [3.8, 4) is 5.75 Å². The molecule has 3 amide bonds. The van der Waals surface area contributed by atoms with E-state index in [2.05, 4.69) is 16.0 Å². The van der Waals surface area contributed by atoms with Gasteiger partial charge in [-0.05, 0) is 43.2 Å². The summed E-state index contributed by atoms with van der Waals surface area (Å²) in [6.07, 6.45) is 0.575. The molecule has 2 aliphatic heterocycles. The van der Waals surface area contributed by atoms with E-state index in [1.165, 1.54) is 43.5 Å². The second-order valence-corrected chi connectivity index (χ2v) is 9.07. The number of rotatable bonds is 6. The lowest BCUT2D eigenvalue weighted by atomic mass is 10.1. The lowest BCUT2D eigenvalue weighted by molar-refractivity contribution is -0.384. The highest BCUT2D eigenvalue weighted by Gasteiger charge is 2.39. The van der Waals surface area contributed by atoms with Crippen molar-refractivity contribution < 1.29 is 33.2 Å². The Balaban J connectivity index is 1.61. The second-order valence-electron chi connectivity index (χ2n) is 9.07. The largest absolute Gasteiger partial charge is 0.491 e. The number of nitrogens with zero attached hydrogens (tertiary/aromatic N) is 2. The summed E-state index contributed by atoms with van der Waals surface area (Å²) in [5.74, 6) is -1.56. The van der Waals surface area contributed by atoms with E-state index in [9.17, 15) is 28.9 Å². The fourth-order valence-corrected chi connectivity index (χ4v) is 4.60. The summed E-state index contributed by atoms with van der Waals surface area (Å²) in [6.45, 7) is 0.197. The number of halogens is 1. The van der Waals surface area contributed by atoms with E-state index in [1.807, 2.05) is 0 Å². The van der Waals surface area contributed by atoms with Gasteiger partial charge in [-0.3, -0.25) is 24.5 Å². The van der Waals surface area contributed by atoms with Crippen molar-refractivity contribution in [3.05, 3.63) is 64.0 Å². The molecule has 202 valence electrons. The third kappa shape index (κ3) is 6.35. The van der Waals surface area contributed by atoms with Crippen LogP contribution in [0.25, 0.3) is 0 Å². The predicted octanol–water partition coefficient (Wildman–Crippen LogP) is 1.46. The number of fused-ring (bicyclic) bond motifs is 2. The lowest BCUT2D eigenvalue weighted by Crippen LogP contribution is -2.49. The number of hydrogen-bond donors (Lipinski definition) is 3. The van der Waals surface area contributed by atoms with Crippen LogP contribution in [0.3, 0.4) is 0 Å². The number of amides is 3. The molecule has 2 aromatic carbocycles. The predicted molar refractivity (Wildman–Crippen MR) is 133 cm³/mol. The number of methoxy groups -OCH3 is 1. The fraction of sp³-hybridized carbons (Fsp3) is 0.400. The van der Waals surface area contributed by atoms with E-state index >= 15 is 0 Å². The first kappa shape index (κ1) is 26.8. The summed E-state index contributed by atoms with van der Waals surface area (Å²) in [5.41, 5.74) is 0.424. The SMILES string of the molecule is COCC(=O)N[C@H]1C[C@H]2COc3ccc(F)cc3C(=O)NCC[C@H](Nc3ccc([N+](=O)[O-])cc3)C(=O)N2C1. The highest BCUT2D eigenvalue weighted by molar-refractivity contribution is 5.97. The molecule has 1 fully saturated rings. The standard InChI is InChI=1S/C25H28FN5O7/c1-37-14-23(32)29-17-11-19-13-38-22-7-2-15(26)10-20(22)24(33)27-9-8-21(25(34)30(19)12-17)28-16-3-5-18(6-4-16)31(35)36/h2-7,10,17,19,21,28H,8-9,11-14H2,1H3,(H,27,33)(H,29,32)/t17-,19-,21-/m0/s1. The van der Waals surface area contributed by atoms with E-state index in [0.29, 0.717) is 12.1 Å². The monoisotopic (exact) mass is 529 g/mol. The summed E-state index contributed by atoms with van der Waals surface area (Å²) in [5, 5.41) is 19.7. The second kappa shape index (κ2) is 11.9. The molecular weight excluding hydrogens is 501 g/mol. The maximum atomic E-state index is 13.9. The first-order chi connectivity index (χ1) is 18.2. The van der Waals surface area contributed by atoms with Gasteiger partial charge in [0.25, 0.3) is 11.6 Å². The van der Waals surface area contributed by atoms with Crippen molar-refractivity contribution in [1.82, 2.24) is 15.5 Å². The van der Waals surface area contributed by atoms with Crippen LogP contribution >= 0.6 is 0 Å². The number of ether oxygens (including phenoxy) is 2. The first-order valence-electron chi connectivity index (χ1n) is 12.1. The molecule has 13 heteroatoms. The molecule has 12 nitrogen and oxygen atoms in total. The number of anilines is 1. The lowest BCUT2D eigenvalue weighted by Gasteiger charge is -2.30. The first-order valence-corrected chi connectivity index (χ1v) is 12.1. The Morgan fingerprint density at radius 1 is 1.26 bits per heavy atom. The molecule has 3 atom stereocenters. The molecule has 38 heavy (non-hydrogen) atoms. The quantitative estimate of drug-likeness (QED) is 0.376. The highest BCUT2D eigenvalue weighted by Crippen LogP contribution is 2.26. The molecule has 3 N–H and O–H groups in total. The molecule has 0 aliphatic carbocycles. The summed E-state index contributed by atoms with van der Waals surface area (Å²) >= 11 is 0. The Kier molecular flexibility index (Phi) is 8.36. The van der Waals surface area contributed by atoms with Crippen molar-refractivity contribution in [1.29, 1.82) is 0 Å². The van der Waals surface area contributed by atoms with Crippen molar-refractivity contribution in [2.75, 3.05) is 38.7 Å². The Morgan fingerprint density at radius 3 is 2.74 bits per heavy atom. The maximum Gasteiger partial charge on any atom is 0.269 e. The molecule has 2 aromatic rings. The van der Waals surface area contributed by atoms with Gasteiger partial charge < -0.3 is 30.3 Å². The van der Waals surface area contributed by atoms with Gasteiger partial charge in [0.1, 0.15) is 30.8 Å². The molecule has 0 unspecified atom stereocenters. The third-order valence-electron chi connectivity index (χ3n) is 6.39. The smallest absolute Gasteiger partial charge is 0.269 e. The molecule has 2 heterocycles. The van der Waals surface area contributed by atoms with Gasteiger partial charge in [-0.1, -0.05) is 0 Å². The van der Waals surface area contributed by atoms with Crippen LogP contribution in [0.1, 0.15) is 23.2 Å². The van der Waals surface area contributed by atoms with Gasteiger partial charge in [-0.25, -0.2) is 4.39 Å². The van der Waals surface area contributed by atoms with Crippen molar-refractivity contribution in [2.45, 2.75) is 31.0 Å². The maximum absolute atomic E-state index is 13.9. The minimum atomic E-state index is -0.806. The normalized spacial score (nSPS) is 21.6. The van der Waals surface area contributed by atoms with Crippen LogP contribution in [0.15, 0.2) is 42.5 Å². The van der Waals surface area contributed by atoms with Gasteiger partial charge in [0.05, 0.1) is 16.5 Å². The molecular formula is C25H28FN5O7. The van der Waals surface area contributed by atoms with Gasteiger partial charge in [-0.2, -0.15) is 0 Å². The van der Waals surface area contributed by atoms with Crippen LogP contribution in [-0.2, 0) is 14.3 Å². The number of nitro benzene ring substituents is 1. The number of nitrogens with one attached hydrogen (secondary N) is 3. The van der Waals surface area contributed by atoms with Gasteiger partial charge in [0, 0.05) is 44.1 Å². The number of nitro groups is 1. The zero-order chi connectivity index (χ0) is 27.2. The van der Waals surface area contributed by atoms with Crippen LogP contribution in [0.2, 0.25) is 0 Å². The van der Waals surface area contributed by atoms with E-state index in [-0.39, 0.29) is 67.6 Å². The van der Waals surface area contributed by atoms with Gasteiger partial charge in [-0.15, -0.1) is 0 Å². The van der Waals surface area contributed by atoms with E-state index in [1.54, 1.807) is 4.90 Å². The van der Waals surface area contributed by atoms with Crippen LogP contribution in [0, 0.1) is 15.9 Å². The third-order valence-corrected chi connectivity index (χ3v) is 6.39. The number of non-ortho nitro benzene ring substituents is 1. The van der Waals surface area contributed by atoms with Crippen LogP contribution in [0.5, 0.6) is 5.75 Å². The van der Waals surface area contributed by atoms with Crippen molar-refractivity contribution in [3.63, 3.8) is 0 Å². The Morgan fingerprint density at radius 2 is 2.03 bits per heavy atom. The summed E-state index contributed by atoms with van der Waals surface area (Å²) in [7, 11) is 1.41. The minimum absolute atomic E-state index is 0.0125. The van der Waals surface area contributed by atoms with Crippen molar-refractivity contribution in [2.24, 2.45) is 0 Å². The zero-order valence-electron chi connectivity index (χ0n) is 20.6. The molecule has 0 saturated carbocycles. The van der Waals surface area contributed by atoms with E-state index in [4.69, 9.17) is 9.47 Å². The van der Waals surface area contributed by atoms with Gasteiger partial charge in [0.2, 0.25) is 11.8 Å². The Labute approximate surface area is 217 Å². The molecule has 0 radical (unpaired) electrons. The summed E-state index contributed by atoms with van der Waals surface area (Å²) in [4.78, 5) is 50.8. The minimum Gasteiger partial charge on any atom is -0.491 e. The van der Waals surface area contributed by atoms with Crippen LogP contribution in [0.4, 0.5) is 15.8 Å². The Hall–Kier alpha value is -4.26. The highest BCUT2D eigenvalue weighted by atomic mass is 19.1. The number of hydrogen-bond acceptors (Lipinski definition) is 8. The van der Waals surface area contributed by atoms with E-state index < -0.39 is 28.7 Å². The number of carbonyl (C=O) groups excluding carboxylic acids is 3. The number of benzene rings is 2. The van der Waals surface area contributed by atoms with Crippen LogP contribution in [-0.4, -0.2) is 79.1 Å². The average Bonchev–Trinajstić information content (AvgIpc) is 3.28.